The highest BCUT2D eigenvalue weighted by Gasteiger charge is 2.35. The van der Waals surface area contributed by atoms with E-state index in [9.17, 15) is 13.2 Å². The van der Waals surface area contributed by atoms with E-state index < -0.39 is 11.9 Å². The Morgan fingerprint density at radius 3 is 2.88 bits per heavy atom. The molecule has 138 valence electrons. The molecule has 4 rings (SSSR count). The van der Waals surface area contributed by atoms with E-state index in [4.69, 9.17) is 4.74 Å². The van der Waals surface area contributed by atoms with Crippen LogP contribution in [0.25, 0.3) is 5.78 Å². The molecular formula is C15H16F3N7O. The molecule has 26 heavy (non-hydrogen) atoms. The van der Waals surface area contributed by atoms with Crippen LogP contribution in [-0.4, -0.2) is 55.2 Å². The lowest BCUT2D eigenvalue weighted by molar-refractivity contribution is -0.141. The highest BCUT2D eigenvalue weighted by molar-refractivity contribution is 5.48. The molecule has 0 spiro atoms. The molecule has 3 aromatic rings. The summed E-state index contributed by atoms with van der Waals surface area (Å²) in [4.78, 5) is 9.16. The highest BCUT2D eigenvalue weighted by atomic mass is 19.4. The molecule has 11 heteroatoms. The van der Waals surface area contributed by atoms with Crippen LogP contribution in [0.15, 0.2) is 24.8 Å². The van der Waals surface area contributed by atoms with Crippen molar-refractivity contribution >= 4 is 11.6 Å². The molecule has 1 unspecified atom stereocenters. The number of aryl methyl sites for hydroxylation is 1. The maximum atomic E-state index is 13.2. The minimum Gasteiger partial charge on any atom is -0.373 e. The lowest BCUT2D eigenvalue weighted by Gasteiger charge is -2.34. The summed E-state index contributed by atoms with van der Waals surface area (Å²) in [7, 11) is 0. The van der Waals surface area contributed by atoms with Gasteiger partial charge in [0.2, 0.25) is 0 Å². The molecule has 1 saturated heterocycles. The predicted octanol–water partition coefficient (Wildman–Crippen LogP) is 1.55. The summed E-state index contributed by atoms with van der Waals surface area (Å²) in [5.74, 6) is 0.213. The summed E-state index contributed by atoms with van der Waals surface area (Å²) in [5.41, 5.74) is 0.0460. The number of ether oxygens (including phenoxy) is 1. The molecule has 3 aromatic heterocycles. The van der Waals surface area contributed by atoms with Crippen molar-refractivity contribution in [2.24, 2.45) is 0 Å². The molecule has 0 N–H and O–H groups in total. The van der Waals surface area contributed by atoms with Gasteiger partial charge in [-0.25, -0.2) is 4.98 Å². The monoisotopic (exact) mass is 367 g/mol. The topological polar surface area (TPSA) is 73.4 Å². The molecule has 0 aromatic carbocycles. The summed E-state index contributed by atoms with van der Waals surface area (Å²) in [5, 5.41) is 8.23. The standard InChI is InChI=1S/C15H16F3N7O/c1-10-5-20-24(6-10)8-11-7-23(2-3-26-11)13-4-12(15(16,17)18)22-14-19-9-21-25(13)14/h4-6,9,11H,2-3,7-8H2,1H3. The van der Waals surface area contributed by atoms with Gasteiger partial charge in [-0.3, -0.25) is 4.68 Å². The molecule has 4 heterocycles. The van der Waals surface area contributed by atoms with Gasteiger partial charge in [-0.1, -0.05) is 0 Å². The average Bonchev–Trinajstić information content (AvgIpc) is 3.22. The zero-order valence-corrected chi connectivity index (χ0v) is 13.9. The van der Waals surface area contributed by atoms with Gasteiger partial charge in [0.25, 0.3) is 5.78 Å². The van der Waals surface area contributed by atoms with E-state index in [1.54, 1.807) is 10.9 Å². The van der Waals surface area contributed by atoms with Crippen LogP contribution >= 0.6 is 0 Å². The molecule has 0 amide bonds. The first-order valence-corrected chi connectivity index (χ1v) is 8.04. The number of rotatable bonds is 3. The molecule has 0 bridgehead atoms. The van der Waals surface area contributed by atoms with Crippen LogP contribution in [0.1, 0.15) is 11.3 Å². The Morgan fingerprint density at radius 2 is 2.15 bits per heavy atom. The SMILES string of the molecule is Cc1cnn(CC2CN(c3cc(C(F)(F)F)nc4ncnn34)CCO2)c1. The maximum absolute atomic E-state index is 13.2. The van der Waals surface area contributed by atoms with Crippen molar-refractivity contribution in [2.75, 3.05) is 24.6 Å². The van der Waals surface area contributed by atoms with E-state index in [1.807, 2.05) is 18.0 Å². The molecule has 0 saturated carbocycles. The van der Waals surface area contributed by atoms with E-state index in [-0.39, 0.29) is 11.9 Å². The first kappa shape index (κ1) is 16.8. The maximum Gasteiger partial charge on any atom is 0.433 e. The zero-order chi connectivity index (χ0) is 18.3. The van der Waals surface area contributed by atoms with Gasteiger partial charge in [-0.2, -0.15) is 32.9 Å². The molecular weight excluding hydrogens is 351 g/mol. The summed E-state index contributed by atoms with van der Waals surface area (Å²) in [6.07, 6.45) is 0.0746. The zero-order valence-electron chi connectivity index (χ0n) is 13.9. The molecule has 0 aliphatic carbocycles. The van der Waals surface area contributed by atoms with E-state index in [0.29, 0.717) is 32.1 Å². The van der Waals surface area contributed by atoms with Crippen LogP contribution in [0.3, 0.4) is 0 Å². The molecule has 1 atom stereocenters. The second-order valence-electron chi connectivity index (χ2n) is 6.15. The van der Waals surface area contributed by atoms with Crippen LogP contribution in [0.2, 0.25) is 0 Å². The summed E-state index contributed by atoms with van der Waals surface area (Å²) >= 11 is 0. The fraction of sp³-hybridized carbons (Fsp3) is 0.467. The van der Waals surface area contributed by atoms with Gasteiger partial charge in [-0.05, 0) is 12.5 Å². The normalized spacial score (nSPS) is 18.6. The number of aromatic nitrogens is 6. The van der Waals surface area contributed by atoms with E-state index in [0.717, 1.165) is 11.6 Å². The minimum absolute atomic E-state index is 0.0828. The Bertz CT molecular complexity index is 919. The number of morpholine rings is 1. The Hall–Kier alpha value is -2.69. The smallest absolute Gasteiger partial charge is 0.373 e. The summed E-state index contributed by atoms with van der Waals surface area (Å²) in [6.45, 7) is 3.71. The van der Waals surface area contributed by atoms with Crippen molar-refractivity contribution in [3.05, 3.63) is 36.0 Å². The fourth-order valence-corrected chi connectivity index (χ4v) is 2.98. The van der Waals surface area contributed by atoms with Crippen LogP contribution in [0.4, 0.5) is 19.0 Å². The van der Waals surface area contributed by atoms with Crippen molar-refractivity contribution < 1.29 is 17.9 Å². The van der Waals surface area contributed by atoms with Crippen molar-refractivity contribution in [1.29, 1.82) is 0 Å². The number of halogens is 3. The van der Waals surface area contributed by atoms with Crippen LogP contribution < -0.4 is 4.90 Å². The van der Waals surface area contributed by atoms with Crippen molar-refractivity contribution in [3.63, 3.8) is 0 Å². The molecule has 8 nitrogen and oxygen atoms in total. The van der Waals surface area contributed by atoms with Gasteiger partial charge in [0.1, 0.15) is 12.1 Å². The van der Waals surface area contributed by atoms with Crippen LogP contribution in [-0.2, 0) is 17.5 Å². The summed E-state index contributed by atoms with van der Waals surface area (Å²) in [6, 6.07) is 1.00. The number of hydrogen-bond acceptors (Lipinski definition) is 6. The first-order valence-electron chi connectivity index (χ1n) is 8.04. The Balaban J connectivity index is 1.62. The number of hydrogen-bond donors (Lipinski definition) is 0. The molecule has 1 aliphatic rings. The quantitative estimate of drug-likeness (QED) is 0.699. The molecule has 0 radical (unpaired) electrons. The Kier molecular flexibility index (Phi) is 4.02. The van der Waals surface area contributed by atoms with Gasteiger partial charge in [0.05, 0.1) is 25.5 Å². The van der Waals surface area contributed by atoms with E-state index in [2.05, 4.69) is 20.2 Å². The second kappa shape index (κ2) is 6.24. The van der Waals surface area contributed by atoms with Gasteiger partial charge in [-0.15, -0.1) is 0 Å². The van der Waals surface area contributed by atoms with Gasteiger partial charge in [0, 0.05) is 25.4 Å². The van der Waals surface area contributed by atoms with Crippen molar-refractivity contribution in [1.82, 2.24) is 29.4 Å². The van der Waals surface area contributed by atoms with Crippen LogP contribution in [0.5, 0.6) is 0 Å². The number of alkyl halides is 3. The van der Waals surface area contributed by atoms with Crippen molar-refractivity contribution in [3.8, 4) is 0 Å². The van der Waals surface area contributed by atoms with Gasteiger partial charge >= 0.3 is 6.18 Å². The third-order valence-corrected chi connectivity index (χ3v) is 4.14. The number of nitrogens with zero attached hydrogens (tertiary/aromatic N) is 7. The lowest BCUT2D eigenvalue weighted by Crippen LogP contribution is -2.45. The predicted molar refractivity (Wildman–Crippen MR) is 84.7 cm³/mol. The third-order valence-electron chi connectivity index (χ3n) is 4.14. The number of fused-ring (bicyclic) bond motifs is 1. The number of anilines is 1. The van der Waals surface area contributed by atoms with Gasteiger partial charge < -0.3 is 9.64 Å². The largest absolute Gasteiger partial charge is 0.433 e. The molecule has 1 aliphatic heterocycles. The third kappa shape index (κ3) is 3.21. The lowest BCUT2D eigenvalue weighted by atomic mass is 10.2. The van der Waals surface area contributed by atoms with Gasteiger partial charge in [0.15, 0.2) is 5.69 Å². The average molecular weight is 367 g/mol. The fourth-order valence-electron chi connectivity index (χ4n) is 2.98. The minimum atomic E-state index is -4.55. The Morgan fingerprint density at radius 1 is 1.31 bits per heavy atom. The highest BCUT2D eigenvalue weighted by Crippen LogP contribution is 2.31. The van der Waals surface area contributed by atoms with Crippen LogP contribution in [0, 0.1) is 6.92 Å². The molecule has 1 fully saturated rings. The summed E-state index contributed by atoms with van der Waals surface area (Å²) < 4.78 is 48.3. The van der Waals surface area contributed by atoms with E-state index in [1.165, 1.54) is 10.8 Å². The Labute approximate surface area is 146 Å². The van der Waals surface area contributed by atoms with Crippen molar-refractivity contribution in [2.45, 2.75) is 25.7 Å². The second-order valence-corrected chi connectivity index (χ2v) is 6.15. The van der Waals surface area contributed by atoms with E-state index >= 15 is 0 Å². The first-order chi connectivity index (χ1) is 12.4.